The normalized spacial score (nSPS) is 20.4. The molecule has 1 aliphatic heterocycles. The lowest BCUT2D eigenvalue weighted by molar-refractivity contribution is -0.131. The molecule has 0 spiro atoms. The van der Waals surface area contributed by atoms with E-state index in [1.165, 1.54) is 11.8 Å². The van der Waals surface area contributed by atoms with Gasteiger partial charge in [-0.2, -0.15) is 0 Å². The van der Waals surface area contributed by atoms with E-state index >= 15 is 0 Å². The van der Waals surface area contributed by atoms with E-state index in [0.29, 0.717) is 6.61 Å². The summed E-state index contributed by atoms with van der Waals surface area (Å²) in [7, 11) is 0. The highest BCUT2D eigenvalue weighted by atomic mass is 35.5. The Morgan fingerprint density at radius 1 is 1.30 bits per heavy atom. The Balaban J connectivity index is 2.70. The number of imide groups is 1. The van der Waals surface area contributed by atoms with Crippen LogP contribution in [0.2, 0.25) is 0 Å². The largest absolute Gasteiger partial charge is 0.377 e. The Hall–Kier alpha value is -1.34. The molecule has 2 unspecified atom stereocenters. The molecule has 8 heteroatoms. The Bertz CT molecular complexity index is 387. The summed E-state index contributed by atoms with van der Waals surface area (Å²) in [5.41, 5.74) is 0. The molecule has 1 saturated heterocycles. The molecular formula is C12H20ClN3O4. The Kier molecular flexibility index (Phi) is 6.22. The third kappa shape index (κ3) is 4.64. The van der Waals surface area contributed by atoms with Gasteiger partial charge in [0.15, 0.2) is 0 Å². The minimum atomic E-state index is -0.817. The van der Waals surface area contributed by atoms with Crippen molar-refractivity contribution in [3.8, 4) is 0 Å². The zero-order valence-corrected chi connectivity index (χ0v) is 12.6. The van der Waals surface area contributed by atoms with Crippen LogP contribution in [0.3, 0.4) is 0 Å². The molecule has 0 aromatic carbocycles. The van der Waals surface area contributed by atoms with Gasteiger partial charge in [-0.05, 0) is 20.8 Å². The number of nitrogens with one attached hydrogen (secondary N) is 2. The fourth-order valence-electron chi connectivity index (χ4n) is 1.72. The lowest BCUT2D eigenvalue weighted by Gasteiger charge is -2.34. The zero-order valence-electron chi connectivity index (χ0n) is 11.8. The highest BCUT2D eigenvalue weighted by Crippen LogP contribution is 2.08. The SMILES string of the molecule is CC(C)NC(=O)C1COCCN1C(=O)NC(=O)C(C)Cl. The van der Waals surface area contributed by atoms with Gasteiger partial charge in [0.1, 0.15) is 11.4 Å². The maximum Gasteiger partial charge on any atom is 0.324 e. The molecule has 0 saturated carbocycles. The number of carbonyl (C=O) groups excluding carboxylic acids is 3. The van der Waals surface area contributed by atoms with Crippen LogP contribution in [0.15, 0.2) is 0 Å². The Morgan fingerprint density at radius 3 is 2.50 bits per heavy atom. The summed E-state index contributed by atoms with van der Waals surface area (Å²) in [6, 6.07) is -1.42. The Morgan fingerprint density at radius 2 is 1.95 bits per heavy atom. The van der Waals surface area contributed by atoms with Gasteiger partial charge >= 0.3 is 6.03 Å². The van der Waals surface area contributed by atoms with Crippen molar-refractivity contribution in [1.82, 2.24) is 15.5 Å². The van der Waals surface area contributed by atoms with Crippen molar-refractivity contribution >= 4 is 29.4 Å². The molecule has 4 amide bonds. The van der Waals surface area contributed by atoms with Gasteiger partial charge in [0.25, 0.3) is 0 Å². The van der Waals surface area contributed by atoms with E-state index in [0.717, 1.165) is 0 Å². The van der Waals surface area contributed by atoms with Gasteiger partial charge in [-0.15, -0.1) is 11.6 Å². The highest BCUT2D eigenvalue weighted by Gasteiger charge is 2.34. The third-order valence-electron chi connectivity index (χ3n) is 2.71. The molecule has 1 rings (SSSR count). The molecule has 0 aliphatic carbocycles. The topological polar surface area (TPSA) is 87.7 Å². The summed E-state index contributed by atoms with van der Waals surface area (Å²) in [4.78, 5) is 36.8. The predicted molar refractivity (Wildman–Crippen MR) is 73.4 cm³/mol. The zero-order chi connectivity index (χ0) is 15.3. The molecule has 114 valence electrons. The van der Waals surface area contributed by atoms with Crippen molar-refractivity contribution in [3.63, 3.8) is 0 Å². The van der Waals surface area contributed by atoms with Gasteiger partial charge in [0, 0.05) is 12.6 Å². The Labute approximate surface area is 123 Å². The van der Waals surface area contributed by atoms with Crippen LogP contribution in [-0.4, -0.2) is 60.0 Å². The third-order valence-corrected chi connectivity index (χ3v) is 2.91. The number of ether oxygens (including phenoxy) is 1. The quantitative estimate of drug-likeness (QED) is 0.723. The monoisotopic (exact) mass is 305 g/mol. The number of rotatable bonds is 3. The standard InChI is InChI=1S/C12H20ClN3O4/c1-7(2)14-11(18)9-6-20-5-4-16(9)12(19)15-10(17)8(3)13/h7-9H,4-6H2,1-3H3,(H,14,18)(H,15,17,19). The number of amides is 4. The van der Waals surface area contributed by atoms with Crippen LogP contribution in [0.25, 0.3) is 0 Å². The highest BCUT2D eigenvalue weighted by molar-refractivity contribution is 6.31. The second kappa shape index (κ2) is 7.44. The molecule has 1 aliphatic rings. The molecular weight excluding hydrogens is 286 g/mol. The van der Waals surface area contributed by atoms with Crippen molar-refractivity contribution in [2.24, 2.45) is 0 Å². The first kappa shape index (κ1) is 16.7. The van der Waals surface area contributed by atoms with Crippen molar-refractivity contribution in [3.05, 3.63) is 0 Å². The van der Waals surface area contributed by atoms with Gasteiger partial charge in [-0.3, -0.25) is 14.9 Å². The molecule has 0 aromatic heterocycles. The molecule has 0 bridgehead atoms. The van der Waals surface area contributed by atoms with Gasteiger partial charge in [0.05, 0.1) is 13.2 Å². The smallest absolute Gasteiger partial charge is 0.324 e. The van der Waals surface area contributed by atoms with Crippen molar-refractivity contribution in [2.75, 3.05) is 19.8 Å². The number of hydrogen-bond acceptors (Lipinski definition) is 4. The van der Waals surface area contributed by atoms with Crippen molar-refractivity contribution in [2.45, 2.75) is 38.2 Å². The van der Waals surface area contributed by atoms with Gasteiger partial charge in [-0.25, -0.2) is 4.79 Å². The minimum Gasteiger partial charge on any atom is -0.377 e. The summed E-state index contributed by atoms with van der Waals surface area (Å²) in [5, 5.41) is 4.07. The van der Waals surface area contributed by atoms with E-state index in [9.17, 15) is 14.4 Å². The molecule has 20 heavy (non-hydrogen) atoms. The van der Waals surface area contributed by atoms with E-state index < -0.39 is 23.4 Å². The fourth-order valence-corrected chi connectivity index (χ4v) is 1.78. The molecule has 1 heterocycles. The first-order valence-electron chi connectivity index (χ1n) is 6.46. The number of urea groups is 1. The summed E-state index contributed by atoms with van der Waals surface area (Å²) >= 11 is 5.59. The van der Waals surface area contributed by atoms with E-state index in [4.69, 9.17) is 16.3 Å². The number of nitrogens with zero attached hydrogens (tertiary/aromatic N) is 1. The number of morpholine rings is 1. The summed E-state index contributed by atoms with van der Waals surface area (Å²) in [6.45, 7) is 5.79. The average molecular weight is 306 g/mol. The molecule has 0 aromatic rings. The van der Waals surface area contributed by atoms with Crippen LogP contribution >= 0.6 is 11.6 Å². The van der Waals surface area contributed by atoms with Crippen LogP contribution in [0.4, 0.5) is 4.79 Å². The van der Waals surface area contributed by atoms with Crippen LogP contribution in [0, 0.1) is 0 Å². The number of halogens is 1. The molecule has 2 N–H and O–H groups in total. The summed E-state index contributed by atoms with van der Waals surface area (Å²) in [6.07, 6.45) is 0. The average Bonchev–Trinajstić information content (AvgIpc) is 2.37. The number of carbonyl (C=O) groups is 3. The van der Waals surface area contributed by atoms with Crippen LogP contribution in [-0.2, 0) is 14.3 Å². The molecule has 2 atom stereocenters. The van der Waals surface area contributed by atoms with Gasteiger partial charge in [-0.1, -0.05) is 0 Å². The first-order chi connectivity index (χ1) is 9.32. The second-order valence-electron chi connectivity index (χ2n) is 4.86. The lowest BCUT2D eigenvalue weighted by atomic mass is 10.2. The van der Waals surface area contributed by atoms with E-state index in [1.807, 2.05) is 13.8 Å². The molecule has 1 fully saturated rings. The minimum absolute atomic E-state index is 0.0427. The fraction of sp³-hybridized carbons (Fsp3) is 0.750. The summed E-state index contributed by atoms with van der Waals surface area (Å²) < 4.78 is 5.22. The first-order valence-corrected chi connectivity index (χ1v) is 6.90. The lowest BCUT2D eigenvalue weighted by Crippen LogP contribution is -2.59. The summed E-state index contributed by atoms with van der Waals surface area (Å²) in [5.74, 6) is -0.896. The van der Waals surface area contributed by atoms with Gasteiger partial charge in [0.2, 0.25) is 11.8 Å². The predicted octanol–water partition coefficient (Wildman–Crippen LogP) is 0.0753. The van der Waals surface area contributed by atoms with E-state index in [-0.39, 0.29) is 25.1 Å². The van der Waals surface area contributed by atoms with Gasteiger partial charge < -0.3 is 15.0 Å². The van der Waals surface area contributed by atoms with Crippen molar-refractivity contribution in [1.29, 1.82) is 0 Å². The van der Waals surface area contributed by atoms with E-state index in [1.54, 1.807) is 0 Å². The molecule has 0 radical (unpaired) electrons. The van der Waals surface area contributed by atoms with Crippen LogP contribution < -0.4 is 10.6 Å². The van der Waals surface area contributed by atoms with E-state index in [2.05, 4.69) is 10.6 Å². The number of alkyl halides is 1. The second-order valence-corrected chi connectivity index (χ2v) is 5.51. The number of hydrogen-bond donors (Lipinski definition) is 2. The van der Waals surface area contributed by atoms with Crippen LogP contribution in [0.1, 0.15) is 20.8 Å². The molecule has 7 nitrogen and oxygen atoms in total. The maximum absolute atomic E-state index is 12.0. The van der Waals surface area contributed by atoms with Crippen LogP contribution in [0.5, 0.6) is 0 Å². The maximum atomic E-state index is 12.0. The van der Waals surface area contributed by atoms with Crippen molar-refractivity contribution < 1.29 is 19.1 Å².